The minimum atomic E-state index is -0.607. The number of aromatic nitrogens is 1. The Hall–Kier alpha value is -3.77. The number of hydrogen-bond donors (Lipinski definition) is 1. The molecule has 1 N–H and O–H groups in total. The molecule has 2 atom stereocenters. The number of ether oxygens (including phenoxy) is 1. The van der Waals surface area contributed by atoms with Crippen LogP contribution in [0.1, 0.15) is 37.6 Å². The molecule has 37 heavy (non-hydrogen) atoms. The predicted molar refractivity (Wildman–Crippen MR) is 148 cm³/mol. The van der Waals surface area contributed by atoms with Crippen LogP contribution in [0.4, 0.5) is 16.2 Å². The standard InChI is InChI=1S/C30H30ClN3O3/c1-19-16-17-34(18-19)25-14-12-23(13-15-25)22-8-10-24(11-9-22)29-28(20(2)33-37-29)32-30(35)36-21(3)26-6-4-5-7-27(26)31/h4-15,19,21H,16-18H2,1-3H3,(H,32,35)/t19-,21-/m1/s1. The van der Waals surface area contributed by atoms with Gasteiger partial charge < -0.3 is 14.2 Å². The first kappa shape index (κ1) is 24.9. The molecule has 4 aromatic rings. The van der Waals surface area contributed by atoms with Gasteiger partial charge in [0.05, 0.1) is 0 Å². The number of carbonyl (C=O) groups excluding carboxylic acids is 1. The molecule has 1 aromatic heterocycles. The first-order valence-electron chi connectivity index (χ1n) is 12.5. The Morgan fingerprint density at radius 3 is 2.35 bits per heavy atom. The van der Waals surface area contributed by atoms with Crippen LogP contribution in [-0.2, 0) is 4.74 Å². The minimum Gasteiger partial charge on any atom is -0.441 e. The molecule has 0 bridgehead atoms. The zero-order valence-electron chi connectivity index (χ0n) is 21.2. The Bertz CT molecular complexity index is 1380. The van der Waals surface area contributed by atoms with Crippen molar-refractivity contribution < 1.29 is 14.1 Å². The van der Waals surface area contributed by atoms with E-state index in [-0.39, 0.29) is 0 Å². The van der Waals surface area contributed by atoms with E-state index in [0.29, 0.717) is 22.2 Å². The quantitative estimate of drug-likeness (QED) is 0.281. The average molecular weight is 516 g/mol. The van der Waals surface area contributed by atoms with Gasteiger partial charge in [-0.15, -0.1) is 0 Å². The summed E-state index contributed by atoms with van der Waals surface area (Å²) in [6, 6.07) is 24.0. The van der Waals surface area contributed by atoms with Gasteiger partial charge in [-0.1, -0.05) is 78.3 Å². The molecule has 1 aliphatic rings. The SMILES string of the molecule is Cc1noc(-c2ccc(-c3ccc(N4CC[C@@H](C)C4)cc3)cc2)c1NC(=O)O[C@H](C)c1ccccc1Cl. The highest BCUT2D eigenvalue weighted by molar-refractivity contribution is 6.31. The van der Waals surface area contributed by atoms with Crippen molar-refractivity contribution in [2.24, 2.45) is 5.92 Å². The van der Waals surface area contributed by atoms with Crippen LogP contribution in [0, 0.1) is 12.8 Å². The van der Waals surface area contributed by atoms with E-state index in [1.807, 2.05) is 42.5 Å². The molecule has 0 radical (unpaired) electrons. The van der Waals surface area contributed by atoms with Gasteiger partial charge in [-0.3, -0.25) is 5.32 Å². The Morgan fingerprint density at radius 2 is 1.70 bits per heavy atom. The lowest BCUT2D eigenvalue weighted by Gasteiger charge is -2.18. The minimum absolute atomic E-state index is 0.477. The average Bonchev–Trinajstić information content (AvgIpc) is 3.50. The molecule has 5 rings (SSSR count). The Labute approximate surface area is 222 Å². The molecule has 0 spiro atoms. The number of rotatable bonds is 6. The van der Waals surface area contributed by atoms with Crippen LogP contribution in [-0.4, -0.2) is 24.3 Å². The van der Waals surface area contributed by atoms with Crippen molar-refractivity contribution in [2.75, 3.05) is 23.3 Å². The maximum atomic E-state index is 12.7. The third-order valence-corrected chi connectivity index (χ3v) is 7.20. The van der Waals surface area contributed by atoms with Crippen molar-refractivity contribution >= 4 is 29.1 Å². The number of nitrogens with one attached hydrogen (secondary N) is 1. The lowest BCUT2D eigenvalue weighted by atomic mass is 10.0. The number of nitrogens with zero attached hydrogens (tertiary/aromatic N) is 2. The predicted octanol–water partition coefficient (Wildman–Crippen LogP) is 8.13. The molecule has 0 unspecified atom stereocenters. The zero-order valence-corrected chi connectivity index (χ0v) is 22.0. The van der Waals surface area contributed by atoms with Gasteiger partial charge >= 0.3 is 6.09 Å². The van der Waals surface area contributed by atoms with E-state index < -0.39 is 12.2 Å². The third-order valence-electron chi connectivity index (χ3n) is 6.85. The van der Waals surface area contributed by atoms with Crippen molar-refractivity contribution in [3.05, 3.63) is 89.1 Å². The van der Waals surface area contributed by atoms with Crippen LogP contribution in [0.5, 0.6) is 0 Å². The Balaban J connectivity index is 1.28. The Kier molecular flexibility index (Phi) is 7.19. The van der Waals surface area contributed by atoms with Gasteiger partial charge in [0.1, 0.15) is 17.5 Å². The fraction of sp³-hybridized carbons (Fsp3) is 0.267. The van der Waals surface area contributed by atoms with Crippen molar-refractivity contribution in [3.8, 4) is 22.5 Å². The van der Waals surface area contributed by atoms with E-state index in [4.69, 9.17) is 20.9 Å². The summed E-state index contributed by atoms with van der Waals surface area (Å²) in [5, 5.41) is 7.40. The van der Waals surface area contributed by atoms with Gasteiger partial charge in [0, 0.05) is 34.9 Å². The summed E-state index contributed by atoms with van der Waals surface area (Å²) in [5.41, 5.74) is 6.10. The van der Waals surface area contributed by atoms with Crippen LogP contribution in [0.15, 0.2) is 77.3 Å². The lowest BCUT2D eigenvalue weighted by Crippen LogP contribution is -2.18. The van der Waals surface area contributed by atoms with E-state index >= 15 is 0 Å². The van der Waals surface area contributed by atoms with Crippen LogP contribution < -0.4 is 10.2 Å². The summed E-state index contributed by atoms with van der Waals surface area (Å²) in [5.74, 6) is 1.23. The molecule has 190 valence electrons. The van der Waals surface area contributed by atoms with Gasteiger partial charge in [0.15, 0.2) is 5.76 Å². The Morgan fingerprint density at radius 1 is 1.05 bits per heavy atom. The van der Waals surface area contributed by atoms with Gasteiger partial charge in [0.2, 0.25) is 0 Å². The topological polar surface area (TPSA) is 67.6 Å². The number of hydrogen-bond acceptors (Lipinski definition) is 5. The van der Waals surface area contributed by atoms with E-state index in [9.17, 15) is 4.79 Å². The first-order valence-corrected chi connectivity index (χ1v) is 12.9. The van der Waals surface area contributed by atoms with Gasteiger partial charge in [0.25, 0.3) is 0 Å². The largest absolute Gasteiger partial charge is 0.441 e. The molecule has 1 saturated heterocycles. The molecule has 1 fully saturated rings. The van der Waals surface area contributed by atoms with Crippen LogP contribution in [0.25, 0.3) is 22.5 Å². The third kappa shape index (κ3) is 5.49. The second kappa shape index (κ2) is 10.7. The van der Waals surface area contributed by atoms with Crippen LogP contribution in [0.2, 0.25) is 5.02 Å². The van der Waals surface area contributed by atoms with Crippen molar-refractivity contribution in [1.82, 2.24) is 5.16 Å². The maximum Gasteiger partial charge on any atom is 0.412 e. The molecule has 0 saturated carbocycles. The fourth-order valence-corrected chi connectivity index (χ4v) is 5.01. The normalized spacial score (nSPS) is 16.0. The highest BCUT2D eigenvalue weighted by Gasteiger charge is 2.21. The van der Waals surface area contributed by atoms with Gasteiger partial charge in [-0.25, -0.2) is 4.79 Å². The van der Waals surface area contributed by atoms with E-state index in [1.54, 1.807) is 19.9 Å². The summed E-state index contributed by atoms with van der Waals surface area (Å²) in [4.78, 5) is 15.1. The van der Waals surface area contributed by atoms with Crippen LogP contribution >= 0.6 is 11.6 Å². The summed E-state index contributed by atoms with van der Waals surface area (Å²) in [6.07, 6.45) is 0.125. The number of halogens is 1. The number of amides is 1. The molecule has 1 amide bonds. The smallest absolute Gasteiger partial charge is 0.412 e. The second-order valence-corrected chi connectivity index (χ2v) is 10.0. The summed E-state index contributed by atoms with van der Waals surface area (Å²) >= 11 is 6.24. The van der Waals surface area contributed by atoms with Crippen molar-refractivity contribution in [1.29, 1.82) is 0 Å². The molecule has 0 aliphatic carbocycles. The lowest BCUT2D eigenvalue weighted by molar-refractivity contribution is 0.121. The van der Waals surface area contributed by atoms with Gasteiger partial charge in [-0.2, -0.15) is 0 Å². The van der Waals surface area contributed by atoms with Crippen molar-refractivity contribution in [3.63, 3.8) is 0 Å². The fourth-order valence-electron chi connectivity index (χ4n) is 4.72. The summed E-state index contributed by atoms with van der Waals surface area (Å²) in [6.45, 7) is 8.09. The summed E-state index contributed by atoms with van der Waals surface area (Å²) < 4.78 is 11.1. The van der Waals surface area contributed by atoms with Crippen LogP contribution in [0.3, 0.4) is 0 Å². The molecule has 7 heteroatoms. The molecular weight excluding hydrogens is 486 g/mol. The van der Waals surface area contributed by atoms with E-state index in [0.717, 1.165) is 41.3 Å². The molecular formula is C30H30ClN3O3. The summed E-state index contributed by atoms with van der Waals surface area (Å²) in [7, 11) is 0. The van der Waals surface area contributed by atoms with Gasteiger partial charge in [-0.05, 0) is 55.5 Å². The molecule has 3 aromatic carbocycles. The monoisotopic (exact) mass is 515 g/mol. The number of anilines is 2. The molecule has 6 nitrogen and oxygen atoms in total. The number of aryl methyl sites for hydroxylation is 1. The van der Waals surface area contributed by atoms with E-state index in [2.05, 4.69) is 46.6 Å². The highest BCUT2D eigenvalue weighted by atomic mass is 35.5. The first-order chi connectivity index (χ1) is 17.9. The maximum absolute atomic E-state index is 12.7. The molecule has 2 heterocycles. The van der Waals surface area contributed by atoms with Crippen molar-refractivity contribution in [2.45, 2.75) is 33.3 Å². The zero-order chi connectivity index (χ0) is 25.9. The number of benzene rings is 3. The highest BCUT2D eigenvalue weighted by Crippen LogP contribution is 2.34. The van der Waals surface area contributed by atoms with E-state index in [1.165, 1.54) is 12.1 Å². The molecule has 1 aliphatic heterocycles. The second-order valence-electron chi connectivity index (χ2n) is 9.63. The number of carbonyl (C=O) groups is 1.